The molecule has 2 aliphatic heterocycles. The van der Waals surface area contributed by atoms with Crippen LogP contribution in [-0.2, 0) is 28.5 Å². The molecule has 28 heavy (non-hydrogen) atoms. The Bertz CT molecular complexity index is 930. The first kappa shape index (κ1) is 19.4. The van der Waals surface area contributed by atoms with Crippen molar-refractivity contribution in [3.8, 4) is 0 Å². The molecule has 0 unspecified atom stereocenters. The first-order valence-corrected chi connectivity index (χ1v) is 10.8. The van der Waals surface area contributed by atoms with Crippen molar-refractivity contribution in [3.05, 3.63) is 71.3 Å². The van der Waals surface area contributed by atoms with Gasteiger partial charge in [0.15, 0.2) is 0 Å². The summed E-state index contributed by atoms with van der Waals surface area (Å²) < 4.78 is 65.0. The minimum absolute atomic E-state index is 0.00775. The van der Waals surface area contributed by atoms with E-state index in [-0.39, 0.29) is 11.8 Å². The maximum Gasteiger partial charge on any atom is 0.416 e. The summed E-state index contributed by atoms with van der Waals surface area (Å²) in [7, 11) is -3.38. The van der Waals surface area contributed by atoms with E-state index in [0.717, 1.165) is 29.8 Å². The Morgan fingerprint density at radius 1 is 0.893 bits per heavy atom. The first-order valence-electron chi connectivity index (χ1n) is 9.14. The number of hydrogen-bond donors (Lipinski definition) is 0. The number of hydrogen-bond acceptors (Lipinski definition) is 3. The van der Waals surface area contributed by atoms with Gasteiger partial charge in [0.2, 0.25) is 10.0 Å². The van der Waals surface area contributed by atoms with Crippen LogP contribution in [0.25, 0.3) is 0 Å². The fourth-order valence-electron chi connectivity index (χ4n) is 4.03. The molecule has 0 N–H and O–H groups in total. The average molecular weight is 410 g/mol. The third kappa shape index (κ3) is 3.94. The van der Waals surface area contributed by atoms with Crippen molar-refractivity contribution in [1.82, 2.24) is 9.21 Å². The van der Waals surface area contributed by atoms with Gasteiger partial charge in [-0.1, -0.05) is 42.5 Å². The Kier molecular flexibility index (Phi) is 4.97. The number of nitrogens with zero attached hydrogens (tertiary/aromatic N) is 2. The molecule has 4 rings (SSSR count). The molecule has 0 amide bonds. The summed E-state index contributed by atoms with van der Waals surface area (Å²) >= 11 is 0. The highest BCUT2D eigenvalue weighted by Gasteiger charge is 2.48. The zero-order valence-corrected chi connectivity index (χ0v) is 16.0. The predicted octanol–water partition coefficient (Wildman–Crippen LogP) is 3.35. The number of likely N-dealkylation sites (tertiary alicyclic amines) is 1. The van der Waals surface area contributed by atoms with Gasteiger partial charge in [-0.2, -0.15) is 17.5 Å². The molecule has 2 heterocycles. The Balaban J connectivity index is 1.37. The number of rotatable bonds is 5. The van der Waals surface area contributed by atoms with E-state index >= 15 is 0 Å². The van der Waals surface area contributed by atoms with Gasteiger partial charge >= 0.3 is 6.18 Å². The molecule has 150 valence electrons. The zero-order chi connectivity index (χ0) is 19.9. The fourth-order valence-corrected chi connectivity index (χ4v) is 5.62. The van der Waals surface area contributed by atoms with Crippen LogP contribution in [-0.4, -0.2) is 43.3 Å². The molecule has 2 aromatic carbocycles. The summed E-state index contributed by atoms with van der Waals surface area (Å²) in [4.78, 5) is 2.14. The van der Waals surface area contributed by atoms with Crippen molar-refractivity contribution in [2.75, 3.05) is 19.6 Å². The van der Waals surface area contributed by atoms with Crippen LogP contribution in [0.15, 0.2) is 54.6 Å². The number of fused-ring (bicyclic) bond motifs is 1. The number of halogens is 3. The van der Waals surface area contributed by atoms with Gasteiger partial charge in [-0.15, -0.1) is 0 Å². The van der Waals surface area contributed by atoms with Crippen molar-refractivity contribution < 1.29 is 21.6 Å². The second-order valence-corrected chi connectivity index (χ2v) is 9.48. The van der Waals surface area contributed by atoms with Gasteiger partial charge in [-0.25, -0.2) is 8.42 Å². The molecule has 0 radical (unpaired) electrons. The van der Waals surface area contributed by atoms with Crippen LogP contribution in [0.3, 0.4) is 0 Å². The highest BCUT2D eigenvalue weighted by Crippen LogP contribution is 2.36. The van der Waals surface area contributed by atoms with Gasteiger partial charge in [0.25, 0.3) is 0 Å². The summed E-state index contributed by atoms with van der Waals surface area (Å²) in [5.41, 5.74) is 0.914. The number of benzene rings is 2. The topological polar surface area (TPSA) is 40.6 Å². The predicted molar refractivity (Wildman–Crippen MR) is 99.8 cm³/mol. The molecule has 2 atom stereocenters. The standard InChI is InChI=1S/C20H21F3N2O2S/c21-20(22,23)18-8-6-15(7-9-18)10-24-11-17-12-25(13-19(17)24)28(26,27)14-16-4-2-1-3-5-16/h1-9,17,19H,10-14H2/t17-,19+/m0/s1. The average Bonchev–Trinajstić information content (AvgIpc) is 2.98. The summed E-state index contributed by atoms with van der Waals surface area (Å²) in [6, 6.07) is 14.4. The molecule has 2 aliphatic rings. The monoisotopic (exact) mass is 410 g/mol. The summed E-state index contributed by atoms with van der Waals surface area (Å²) in [6.45, 7) is 2.26. The maximum absolute atomic E-state index is 12.7. The fraction of sp³-hybridized carbons (Fsp3) is 0.400. The van der Waals surface area contributed by atoms with E-state index < -0.39 is 21.8 Å². The molecule has 4 nitrogen and oxygen atoms in total. The molecule has 2 fully saturated rings. The minimum Gasteiger partial charge on any atom is -0.294 e. The minimum atomic E-state index is -4.33. The lowest BCUT2D eigenvalue weighted by molar-refractivity contribution is -0.137. The highest BCUT2D eigenvalue weighted by molar-refractivity contribution is 7.88. The third-order valence-corrected chi connectivity index (χ3v) is 7.35. The van der Waals surface area contributed by atoms with Crippen molar-refractivity contribution in [1.29, 1.82) is 0 Å². The second kappa shape index (κ2) is 7.17. The van der Waals surface area contributed by atoms with Crippen molar-refractivity contribution in [3.63, 3.8) is 0 Å². The molecular formula is C20H21F3N2O2S. The van der Waals surface area contributed by atoms with Crippen LogP contribution >= 0.6 is 0 Å². The van der Waals surface area contributed by atoms with E-state index in [0.29, 0.717) is 25.6 Å². The van der Waals surface area contributed by atoms with E-state index in [4.69, 9.17) is 0 Å². The van der Waals surface area contributed by atoms with Crippen LogP contribution in [0.4, 0.5) is 13.2 Å². The van der Waals surface area contributed by atoms with Gasteiger partial charge in [0.05, 0.1) is 11.3 Å². The number of sulfonamides is 1. The Hall–Kier alpha value is -1.90. The summed E-state index contributed by atoms with van der Waals surface area (Å²) in [5, 5.41) is 0. The van der Waals surface area contributed by atoms with E-state index in [1.807, 2.05) is 18.2 Å². The van der Waals surface area contributed by atoms with Crippen molar-refractivity contribution in [2.45, 2.75) is 24.5 Å². The molecule has 8 heteroatoms. The molecular weight excluding hydrogens is 389 g/mol. The normalized spacial score (nSPS) is 23.4. The van der Waals surface area contributed by atoms with Crippen LogP contribution in [0, 0.1) is 5.92 Å². The first-order chi connectivity index (χ1) is 13.2. The number of alkyl halides is 3. The molecule has 0 aromatic heterocycles. The van der Waals surface area contributed by atoms with Crippen LogP contribution in [0.5, 0.6) is 0 Å². The van der Waals surface area contributed by atoms with Crippen molar-refractivity contribution >= 4 is 10.0 Å². The Labute approximate surface area is 162 Å². The largest absolute Gasteiger partial charge is 0.416 e. The Morgan fingerprint density at radius 2 is 1.57 bits per heavy atom. The van der Waals surface area contributed by atoms with Gasteiger partial charge in [0.1, 0.15) is 0 Å². The van der Waals surface area contributed by atoms with E-state index in [1.165, 1.54) is 12.1 Å². The highest BCUT2D eigenvalue weighted by atomic mass is 32.2. The lowest BCUT2D eigenvalue weighted by Gasteiger charge is -2.43. The van der Waals surface area contributed by atoms with Gasteiger partial charge in [0, 0.05) is 38.1 Å². The SMILES string of the molecule is O=S(=O)(Cc1ccccc1)N1C[C@@H]2CN(Cc3ccc(C(F)(F)F)cc3)[C@@H]2C1. The van der Waals surface area contributed by atoms with E-state index in [9.17, 15) is 21.6 Å². The van der Waals surface area contributed by atoms with E-state index in [2.05, 4.69) is 4.90 Å². The van der Waals surface area contributed by atoms with Gasteiger partial charge in [-0.05, 0) is 23.3 Å². The maximum atomic E-state index is 12.7. The lowest BCUT2D eigenvalue weighted by atomic mass is 9.91. The molecule has 0 spiro atoms. The smallest absolute Gasteiger partial charge is 0.294 e. The Morgan fingerprint density at radius 3 is 2.21 bits per heavy atom. The molecule has 2 saturated heterocycles. The molecule has 2 aromatic rings. The summed E-state index contributed by atoms with van der Waals surface area (Å²) in [6.07, 6.45) is -4.33. The zero-order valence-electron chi connectivity index (χ0n) is 15.1. The second-order valence-electron chi connectivity index (χ2n) is 7.51. The van der Waals surface area contributed by atoms with Gasteiger partial charge in [-0.3, -0.25) is 4.90 Å². The molecule has 0 bridgehead atoms. The third-order valence-electron chi connectivity index (χ3n) is 5.56. The summed E-state index contributed by atoms with van der Waals surface area (Å²) in [5.74, 6) is 0.284. The van der Waals surface area contributed by atoms with Gasteiger partial charge < -0.3 is 0 Å². The van der Waals surface area contributed by atoms with Crippen molar-refractivity contribution in [2.24, 2.45) is 5.92 Å². The molecule has 0 aliphatic carbocycles. The molecule has 0 saturated carbocycles. The van der Waals surface area contributed by atoms with Crippen LogP contribution in [0.1, 0.15) is 16.7 Å². The van der Waals surface area contributed by atoms with Crippen LogP contribution in [0.2, 0.25) is 0 Å². The lowest BCUT2D eigenvalue weighted by Crippen LogP contribution is -2.54. The van der Waals surface area contributed by atoms with Crippen LogP contribution < -0.4 is 0 Å². The quantitative estimate of drug-likeness (QED) is 0.759. The van der Waals surface area contributed by atoms with E-state index in [1.54, 1.807) is 16.4 Å².